The van der Waals surface area contributed by atoms with E-state index in [1.54, 1.807) is 18.7 Å². The molecule has 2 aromatic rings. The molecule has 0 aliphatic carbocycles. The number of likely N-dealkylation sites (tertiary alicyclic amines) is 1. The van der Waals surface area contributed by atoms with Gasteiger partial charge >= 0.3 is 0 Å². The monoisotopic (exact) mass is 375 g/mol. The molecule has 2 amide bonds. The Labute approximate surface area is 157 Å². The average molecular weight is 376 g/mol. The molecule has 0 bridgehead atoms. The zero-order valence-corrected chi connectivity index (χ0v) is 15.7. The van der Waals surface area contributed by atoms with Gasteiger partial charge in [-0.25, -0.2) is 0 Å². The summed E-state index contributed by atoms with van der Waals surface area (Å²) in [4.78, 5) is 26.7. The molecule has 0 saturated carbocycles. The van der Waals surface area contributed by atoms with Gasteiger partial charge in [0.05, 0.1) is 11.6 Å². The van der Waals surface area contributed by atoms with Crippen molar-refractivity contribution in [1.82, 2.24) is 15.4 Å². The molecule has 2 heterocycles. The SMILES string of the molecule is Cc1noc(C)c1C(=O)N1CC[C@@H](C(=O)NCCc2ccc(Cl)cc2)C1. The summed E-state index contributed by atoms with van der Waals surface area (Å²) in [7, 11) is 0. The molecule has 1 atom stereocenters. The van der Waals surface area contributed by atoms with Crippen molar-refractivity contribution in [3.63, 3.8) is 0 Å². The van der Waals surface area contributed by atoms with Crippen LogP contribution in [0, 0.1) is 19.8 Å². The highest BCUT2D eigenvalue weighted by Gasteiger charge is 2.33. The Morgan fingerprint density at radius 1 is 1.31 bits per heavy atom. The molecule has 7 heteroatoms. The molecule has 0 radical (unpaired) electrons. The Hall–Kier alpha value is -2.34. The Balaban J connectivity index is 1.49. The molecule has 1 saturated heterocycles. The summed E-state index contributed by atoms with van der Waals surface area (Å²) in [5, 5.41) is 7.49. The number of nitrogens with one attached hydrogen (secondary N) is 1. The van der Waals surface area contributed by atoms with E-state index in [1.165, 1.54) is 0 Å². The van der Waals surface area contributed by atoms with Crippen LogP contribution in [0.5, 0.6) is 0 Å². The predicted molar refractivity (Wildman–Crippen MR) is 98.2 cm³/mol. The third-order valence-corrected chi connectivity index (χ3v) is 4.97. The molecule has 6 nitrogen and oxygen atoms in total. The zero-order valence-electron chi connectivity index (χ0n) is 14.9. The summed E-state index contributed by atoms with van der Waals surface area (Å²) >= 11 is 5.87. The van der Waals surface area contributed by atoms with Crippen molar-refractivity contribution in [2.24, 2.45) is 5.92 Å². The van der Waals surface area contributed by atoms with Gasteiger partial charge < -0.3 is 14.7 Å². The van der Waals surface area contributed by atoms with Crippen LogP contribution in [0.1, 0.15) is 33.8 Å². The molecular weight excluding hydrogens is 354 g/mol. The fraction of sp³-hybridized carbons (Fsp3) is 0.421. The van der Waals surface area contributed by atoms with Crippen LogP contribution in [-0.2, 0) is 11.2 Å². The van der Waals surface area contributed by atoms with Crippen molar-refractivity contribution in [3.05, 3.63) is 51.9 Å². The molecule has 1 aromatic carbocycles. The summed E-state index contributed by atoms with van der Waals surface area (Å²) in [5.41, 5.74) is 2.22. The molecule has 1 aliphatic rings. The lowest BCUT2D eigenvalue weighted by atomic mass is 10.1. The number of halogens is 1. The molecule has 0 unspecified atom stereocenters. The van der Waals surface area contributed by atoms with Crippen molar-refractivity contribution in [2.75, 3.05) is 19.6 Å². The first-order valence-electron chi connectivity index (χ1n) is 8.70. The molecule has 3 rings (SSSR count). The van der Waals surface area contributed by atoms with E-state index in [0.29, 0.717) is 48.1 Å². The minimum Gasteiger partial charge on any atom is -0.361 e. The van der Waals surface area contributed by atoms with E-state index in [9.17, 15) is 9.59 Å². The summed E-state index contributed by atoms with van der Waals surface area (Å²) in [6, 6.07) is 7.59. The minimum atomic E-state index is -0.176. The van der Waals surface area contributed by atoms with Crippen LogP contribution in [0.25, 0.3) is 0 Å². The van der Waals surface area contributed by atoms with Gasteiger partial charge in [-0.15, -0.1) is 0 Å². The maximum Gasteiger partial charge on any atom is 0.259 e. The average Bonchev–Trinajstić information content (AvgIpc) is 3.23. The lowest BCUT2D eigenvalue weighted by Crippen LogP contribution is -2.35. The maximum atomic E-state index is 12.6. The summed E-state index contributed by atoms with van der Waals surface area (Å²) in [6.07, 6.45) is 1.42. The quantitative estimate of drug-likeness (QED) is 0.871. The van der Waals surface area contributed by atoms with Crippen LogP contribution in [0.3, 0.4) is 0 Å². The van der Waals surface area contributed by atoms with Gasteiger partial charge in [0.2, 0.25) is 5.91 Å². The smallest absolute Gasteiger partial charge is 0.259 e. The van der Waals surface area contributed by atoms with E-state index >= 15 is 0 Å². The van der Waals surface area contributed by atoms with Crippen molar-refractivity contribution >= 4 is 23.4 Å². The molecule has 1 aromatic heterocycles. The molecule has 138 valence electrons. The van der Waals surface area contributed by atoms with Gasteiger partial charge in [0.25, 0.3) is 5.91 Å². The highest BCUT2D eigenvalue weighted by Crippen LogP contribution is 2.22. The Kier molecular flexibility index (Phi) is 5.61. The van der Waals surface area contributed by atoms with E-state index in [2.05, 4.69) is 10.5 Å². The molecule has 26 heavy (non-hydrogen) atoms. The zero-order chi connectivity index (χ0) is 18.7. The predicted octanol–water partition coefficient (Wildman–Crippen LogP) is 2.77. The fourth-order valence-electron chi connectivity index (χ4n) is 3.23. The number of amides is 2. The normalized spacial score (nSPS) is 16.7. The molecule has 1 N–H and O–H groups in total. The van der Waals surface area contributed by atoms with Crippen LogP contribution < -0.4 is 5.32 Å². The molecule has 0 spiro atoms. The van der Waals surface area contributed by atoms with Crippen molar-refractivity contribution in [3.8, 4) is 0 Å². The van der Waals surface area contributed by atoms with Crippen molar-refractivity contribution < 1.29 is 14.1 Å². The van der Waals surface area contributed by atoms with Gasteiger partial charge in [-0.2, -0.15) is 0 Å². The lowest BCUT2D eigenvalue weighted by Gasteiger charge is -2.16. The highest BCUT2D eigenvalue weighted by molar-refractivity contribution is 6.30. The minimum absolute atomic E-state index is 0.00646. The second-order valence-corrected chi connectivity index (χ2v) is 7.04. The Morgan fingerprint density at radius 2 is 2.04 bits per heavy atom. The first-order valence-corrected chi connectivity index (χ1v) is 9.08. The van der Waals surface area contributed by atoms with E-state index in [0.717, 1.165) is 12.0 Å². The number of aryl methyl sites for hydroxylation is 2. The van der Waals surface area contributed by atoms with Crippen molar-refractivity contribution in [1.29, 1.82) is 0 Å². The lowest BCUT2D eigenvalue weighted by molar-refractivity contribution is -0.124. The second-order valence-electron chi connectivity index (χ2n) is 6.60. The third-order valence-electron chi connectivity index (χ3n) is 4.72. The molecule has 1 fully saturated rings. The molecule has 1 aliphatic heterocycles. The first kappa shape index (κ1) is 18.5. The van der Waals surface area contributed by atoms with Gasteiger partial charge in [0, 0.05) is 24.7 Å². The number of carbonyl (C=O) groups excluding carboxylic acids is 2. The van der Waals surface area contributed by atoms with Crippen molar-refractivity contribution in [2.45, 2.75) is 26.7 Å². The fourth-order valence-corrected chi connectivity index (χ4v) is 3.36. The number of rotatable bonds is 5. The van der Waals surface area contributed by atoms with Gasteiger partial charge in [0.1, 0.15) is 11.3 Å². The van der Waals surface area contributed by atoms with E-state index < -0.39 is 0 Å². The van der Waals surface area contributed by atoms with Gasteiger partial charge in [-0.3, -0.25) is 9.59 Å². The van der Waals surface area contributed by atoms with Crippen LogP contribution >= 0.6 is 11.6 Å². The summed E-state index contributed by atoms with van der Waals surface area (Å²) in [5.74, 6) is 0.221. The van der Waals surface area contributed by atoms with Gasteiger partial charge in [-0.1, -0.05) is 28.9 Å². The number of nitrogens with zero attached hydrogens (tertiary/aromatic N) is 2. The largest absolute Gasteiger partial charge is 0.361 e. The number of hydrogen-bond acceptors (Lipinski definition) is 4. The standard InChI is InChI=1S/C19H22ClN3O3/c1-12-17(13(2)26-22-12)19(25)23-10-8-15(11-23)18(24)21-9-7-14-3-5-16(20)6-4-14/h3-6,15H,7-11H2,1-2H3,(H,21,24)/t15-/m1/s1. The van der Waals surface area contributed by atoms with Crippen LogP contribution in [0.15, 0.2) is 28.8 Å². The Bertz CT molecular complexity index is 781. The number of aromatic nitrogens is 1. The van der Waals surface area contributed by atoms with E-state index in [4.69, 9.17) is 16.1 Å². The number of carbonyl (C=O) groups is 2. The van der Waals surface area contributed by atoms with Gasteiger partial charge in [0.15, 0.2) is 0 Å². The van der Waals surface area contributed by atoms with Crippen LogP contribution in [-0.4, -0.2) is 41.5 Å². The molecular formula is C19H22ClN3O3. The van der Waals surface area contributed by atoms with Crippen LogP contribution in [0.4, 0.5) is 0 Å². The second kappa shape index (κ2) is 7.91. The first-order chi connectivity index (χ1) is 12.5. The van der Waals surface area contributed by atoms with Gasteiger partial charge in [-0.05, 0) is 44.4 Å². The summed E-state index contributed by atoms with van der Waals surface area (Å²) < 4.78 is 5.07. The topological polar surface area (TPSA) is 75.4 Å². The third kappa shape index (κ3) is 4.07. The van der Waals surface area contributed by atoms with Crippen LogP contribution in [0.2, 0.25) is 5.02 Å². The maximum absolute atomic E-state index is 12.6. The van der Waals surface area contributed by atoms with E-state index in [-0.39, 0.29) is 17.7 Å². The highest BCUT2D eigenvalue weighted by atomic mass is 35.5. The Morgan fingerprint density at radius 3 is 2.69 bits per heavy atom. The number of benzene rings is 1. The number of hydrogen-bond donors (Lipinski definition) is 1. The van der Waals surface area contributed by atoms with E-state index in [1.807, 2.05) is 24.3 Å². The summed E-state index contributed by atoms with van der Waals surface area (Å²) in [6.45, 7) is 5.04.